The summed E-state index contributed by atoms with van der Waals surface area (Å²) in [6, 6.07) is 42.4. The minimum absolute atomic E-state index is 0. The second-order valence-corrected chi connectivity index (χ2v) is 25.0. The first-order valence-electron chi connectivity index (χ1n) is 29.4. The molecule has 4 atom stereocenters. The third kappa shape index (κ3) is 27.9. The van der Waals surface area contributed by atoms with Crippen LogP contribution in [0.1, 0.15) is 70.1 Å². The molecular formula is C65H84ClN7O18S. The van der Waals surface area contributed by atoms with Crippen molar-refractivity contribution in [2.45, 2.75) is 114 Å². The van der Waals surface area contributed by atoms with Gasteiger partial charge in [-0.1, -0.05) is 119 Å². The number of nitro benzene ring substituents is 1. The van der Waals surface area contributed by atoms with Gasteiger partial charge in [0.15, 0.2) is 12.2 Å². The number of nitrogens with zero attached hydrogens (tertiary/aromatic N) is 5. The Balaban J connectivity index is 0.000000312. The van der Waals surface area contributed by atoms with Gasteiger partial charge in [-0.3, -0.25) is 10.1 Å². The number of nitrogens with two attached hydrogens (primary N) is 1. The van der Waals surface area contributed by atoms with E-state index in [0.717, 1.165) is 16.7 Å². The molecule has 5 N–H and O–H groups in total. The van der Waals surface area contributed by atoms with Crippen LogP contribution in [0.3, 0.4) is 0 Å². The van der Waals surface area contributed by atoms with Crippen molar-refractivity contribution >= 4 is 46.5 Å². The van der Waals surface area contributed by atoms with Gasteiger partial charge in [-0.2, -0.15) is 14.8 Å². The quantitative estimate of drug-likeness (QED) is 0.0119. The van der Waals surface area contributed by atoms with Crippen LogP contribution in [0.5, 0.6) is 11.5 Å². The molecule has 0 aliphatic carbocycles. The molecule has 5 aromatic carbocycles. The molecule has 0 aromatic heterocycles. The Morgan fingerprint density at radius 1 is 0.696 bits per heavy atom. The molecule has 0 saturated carbocycles. The van der Waals surface area contributed by atoms with Crippen molar-refractivity contribution in [2.75, 3.05) is 73.3 Å². The number of benzene rings is 5. The van der Waals surface area contributed by atoms with Crippen LogP contribution >= 0.6 is 12.4 Å². The van der Waals surface area contributed by atoms with Crippen LogP contribution in [0.4, 0.5) is 20.1 Å². The molecule has 0 radical (unpaired) electrons. The van der Waals surface area contributed by atoms with Crippen LogP contribution in [0, 0.1) is 43.6 Å². The number of alkyl carbamates (subject to hydrolysis) is 1. The van der Waals surface area contributed by atoms with Crippen LogP contribution in [-0.4, -0.2) is 161 Å². The van der Waals surface area contributed by atoms with Crippen LogP contribution in [0.2, 0.25) is 0 Å². The highest BCUT2D eigenvalue weighted by Crippen LogP contribution is 2.30. The van der Waals surface area contributed by atoms with Gasteiger partial charge < -0.3 is 68.8 Å². The number of ether oxygens (including phenoxy) is 9. The van der Waals surface area contributed by atoms with Crippen molar-refractivity contribution in [2.24, 2.45) is 16.6 Å². The van der Waals surface area contributed by atoms with E-state index in [1.54, 1.807) is 12.1 Å². The van der Waals surface area contributed by atoms with Gasteiger partial charge in [-0.25, -0.2) is 22.8 Å². The number of amides is 2. The van der Waals surface area contributed by atoms with Gasteiger partial charge in [0.2, 0.25) is 10.0 Å². The topological polar surface area (TPSA) is 344 Å². The Hall–Kier alpha value is -7.99. The normalized spacial score (nSPS) is 14.8. The van der Waals surface area contributed by atoms with E-state index in [2.05, 4.69) is 17.5 Å². The number of carbonyl (C=O) groups excluding carboxylic acids is 3. The zero-order valence-corrected chi connectivity index (χ0v) is 54.0. The lowest BCUT2D eigenvalue weighted by Crippen LogP contribution is -2.52. The standard InChI is InChI=1S/C29H39N3O8S.C25H33N3O3.C11H11NO7.ClH/c1-29(2,14-7-15-30)20-32(41(35,36)25-12-10-23(37-3)11-13-25)17-27(33)26(16-22-8-5-4-6-9-22)31-28(34)40-24-18-38-21-39-19-24;1-25(2,14-9-15-26)19-28(24(30)31-18-21-12-7-4-8-13-21)17-23(29)22(27)16-20-10-5-3-6-11-20;13-11(19-10-5-16-7-17-6-10)18-9-3-1-8(2-4-9)12(14)15;/h4-6,8-13,24,26-27,33H,7,14,16-21H2,1-3H3,(H,31,34);3-8,10-13,22-23,29H,9,14,16-19,27H2,1-2H3;1-4,10H,5-7H2;1H. The van der Waals surface area contributed by atoms with E-state index in [1.165, 1.54) is 52.7 Å². The minimum atomic E-state index is -4.08. The first-order valence-corrected chi connectivity index (χ1v) is 30.9. The molecule has 25 nitrogen and oxygen atoms in total. The van der Waals surface area contributed by atoms with Crippen LogP contribution < -0.4 is 20.5 Å². The van der Waals surface area contributed by atoms with Crippen molar-refractivity contribution in [1.29, 1.82) is 10.5 Å². The fraction of sp³-hybridized carbons (Fsp3) is 0.462. The molecule has 2 aliphatic rings. The van der Waals surface area contributed by atoms with Crippen LogP contribution in [0.15, 0.2) is 144 Å². The number of nitrogens with one attached hydrogen (secondary N) is 1. The molecule has 4 unspecified atom stereocenters. The lowest BCUT2D eigenvalue weighted by Gasteiger charge is -2.35. The maximum absolute atomic E-state index is 13.9. The van der Waals surface area contributed by atoms with E-state index in [-0.39, 0.29) is 113 Å². The van der Waals surface area contributed by atoms with Crippen LogP contribution in [-0.2, 0) is 62.6 Å². The molecule has 2 saturated heterocycles. The van der Waals surface area contributed by atoms with E-state index in [0.29, 0.717) is 38.0 Å². The molecule has 2 fully saturated rings. The number of methoxy groups -OCH3 is 1. The molecule has 27 heteroatoms. The zero-order valence-electron chi connectivity index (χ0n) is 52.3. The maximum atomic E-state index is 13.9. The molecule has 2 heterocycles. The van der Waals surface area contributed by atoms with Crippen molar-refractivity contribution in [1.82, 2.24) is 14.5 Å². The van der Waals surface area contributed by atoms with Gasteiger partial charge in [-0.05, 0) is 89.6 Å². The fourth-order valence-electron chi connectivity index (χ4n) is 9.27. The molecule has 2 amide bonds. The van der Waals surface area contributed by atoms with Gasteiger partial charge in [0, 0.05) is 50.7 Å². The van der Waals surface area contributed by atoms with E-state index < -0.39 is 75.2 Å². The number of aliphatic hydroxyl groups is 2. The van der Waals surface area contributed by atoms with Gasteiger partial charge in [0.05, 0.1) is 80.3 Å². The Morgan fingerprint density at radius 3 is 1.67 bits per heavy atom. The zero-order chi connectivity index (χ0) is 66.2. The first kappa shape index (κ1) is 76.5. The first-order chi connectivity index (χ1) is 43.5. The Kier molecular flexibility index (Phi) is 32.8. The van der Waals surface area contributed by atoms with Crippen molar-refractivity contribution < 1.29 is 80.6 Å². The lowest BCUT2D eigenvalue weighted by atomic mass is 9.87. The number of aliphatic hydroxyl groups excluding tert-OH is 2. The summed E-state index contributed by atoms with van der Waals surface area (Å²) in [4.78, 5) is 48.5. The van der Waals surface area contributed by atoms with Crippen LogP contribution in [0.25, 0.3) is 0 Å². The van der Waals surface area contributed by atoms with E-state index in [1.807, 2.05) is 119 Å². The summed E-state index contributed by atoms with van der Waals surface area (Å²) in [5.74, 6) is 0.664. The predicted molar refractivity (Wildman–Crippen MR) is 339 cm³/mol. The molecule has 500 valence electrons. The second kappa shape index (κ2) is 39.4. The van der Waals surface area contributed by atoms with Crippen molar-refractivity contribution in [3.05, 3.63) is 166 Å². The number of rotatable bonds is 28. The summed E-state index contributed by atoms with van der Waals surface area (Å²) < 4.78 is 75.0. The van der Waals surface area contributed by atoms with E-state index in [9.17, 15) is 43.1 Å². The molecule has 0 bridgehead atoms. The second-order valence-electron chi connectivity index (χ2n) is 23.1. The van der Waals surface area contributed by atoms with Gasteiger partial charge in [-0.15, -0.1) is 12.4 Å². The average Bonchev–Trinajstić information content (AvgIpc) is 0.858. The summed E-state index contributed by atoms with van der Waals surface area (Å²) >= 11 is 0. The number of non-ortho nitro benzene ring substituents is 1. The predicted octanol–water partition coefficient (Wildman–Crippen LogP) is 8.88. The maximum Gasteiger partial charge on any atom is 0.514 e. The summed E-state index contributed by atoms with van der Waals surface area (Å²) in [7, 11) is -2.59. The van der Waals surface area contributed by atoms with Gasteiger partial charge >= 0.3 is 18.3 Å². The average molecular weight is 1320 g/mol. The third-order valence-electron chi connectivity index (χ3n) is 14.2. The number of sulfonamides is 1. The molecular weight excluding hydrogens is 1230 g/mol. The Labute approximate surface area is 543 Å². The van der Waals surface area contributed by atoms with Crippen molar-refractivity contribution in [3.8, 4) is 23.6 Å². The number of hydrogen-bond donors (Lipinski definition) is 4. The molecule has 0 spiro atoms. The Bertz CT molecular complexity index is 3190. The summed E-state index contributed by atoms with van der Waals surface area (Å²) in [5.41, 5.74) is 8.03. The molecule has 2 aliphatic heterocycles. The highest BCUT2D eigenvalue weighted by atomic mass is 35.5. The monoisotopic (exact) mass is 1320 g/mol. The summed E-state index contributed by atoms with van der Waals surface area (Å²) in [6.45, 7) is 9.22. The van der Waals surface area contributed by atoms with Gasteiger partial charge in [0.1, 0.15) is 31.7 Å². The number of nitriles is 2. The number of carbonyl (C=O) groups is 3. The fourth-order valence-corrected chi connectivity index (χ4v) is 10.9. The minimum Gasteiger partial charge on any atom is -0.497 e. The number of hydrogen-bond acceptors (Lipinski definition) is 21. The van der Waals surface area contributed by atoms with Gasteiger partial charge in [0.25, 0.3) is 5.69 Å². The Morgan fingerprint density at radius 2 is 1.17 bits per heavy atom. The summed E-state index contributed by atoms with van der Waals surface area (Å²) in [5, 5.41) is 53.4. The highest BCUT2D eigenvalue weighted by Gasteiger charge is 2.36. The molecule has 7 rings (SSSR count). The van der Waals surface area contributed by atoms with E-state index >= 15 is 0 Å². The third-order valence-corrected chi connectivity index (χ3v) is 16.0. The highest BCUT2D eigenvalue weighted by molar-refractivity contribution is 7.89. The largest absolute Gasteiger partial charge is 0.514 e. The number of halogens is 1. The molecule has 92 heavy (non-hydrogen) atoms. The number of nitro groups is 1. The van der Waals surface area contributed by atoms with E-state index in [4.69, 9.17) is 58.9 Å². The lowest BCUT2D eigenvalue weighted by molar-refractivity contribution is -0.384. The molecule has 5 aromatic rings. The summed E-state index contributed by atoms with van der Waals surface area (Å²) in [6.07, 6.45) is -3.04. The van der Waals surface area contributed by atoms with Crippen molar-refractivity contribution in [3.63, 3.8) is 0 Å². The SMILES string of the molecule is CC(C)(CCC#N)CN(CC(O)C(N)Cc1ccccc1)C(=O)OCc1ccccc1.COc1ccc(S(=O)(=O)N(CC(O)C(Cc2ccccc2)NC(=O)OC2COCOC2)CC(C)(C)CCC#N)cc1.Cl.O=C(Oc1ccc([N+](=O)[O-])cc1)OC1COCOC1. The smallest absolute Gasteiger partial charge is 0.497 e.